The maximum Gasteiger partial charge on any atom is 2.00 e. The van der Waals surface area contributed by atoms with Gasteiger partial charge in [-0.25, -0.2) is 0 Å². The molecule has 0 aromatic heterocycles. The van der Waals surface area contributed by atoms with Gasteiger partial charge in [0.25, 0.3) is 0 Å². The quantitative estimate of drug-likeness (QED) is 0.100. The maximum absolute atomic E-state index is 6.46. The first kappa shape index (κ1) is 54.2. The Kier molecular flexibility index (Phi) is 19.8. The molecule has 0 saturated heterocycles. The molecule has 0 aliphatic carbocycles. The van der Waals surface area contributed by atoms with Crippen molar-refractivity contribution >= 4 is 87.7 Å². The van der Waals surface area contributed by atoms with Crippen molar-refractivity contribution < 1.29 is 44.3 Å². The van der Waals surface area contributed by atoms with Crippen LogP contribution in [-0.4, -0.2) is 6.04 Å². The van der Waals surface area contributed by atoms with Crippen molar-refractivity contribution in [1.82, 2.24) is 0 Å². The van der Waals surface area contributed by atoms with E-state index in [4.69, 9.17) is 5.73 Å². The summed E-state index contributed by atoms with van der Waals surface area (Å²) >= 11 is 0. The van der Waals surface area contributed by atoms with Gasteiger partial charge in [0, 0.05) is 11.7 Å². The van der Waals surface area contributed by atoms with Gasteiger partial charge in [-0.15, -0.1) is 0 Å². The third kappa shape index (κ3) is 12.1. The molecule has 11 aromatic carbocycles. The molecule has 356 valence electrons. The molecule has 0 aliphatic rings. The van der Waals surface area contributed by atoms with E-state index in [-0.39, 0.29) is 50.3 Å². The van der Waals surface area contributed by atoms with Crippen LogP contribution in [0.1, 0.15) is 18.1 Å². The van der Waals surface area contributed by atoms with E-state index in [9.17, 15) is 0 Å². The Morgan fingerprint density at radius 3 is 0.875 bits per heavy atom. The SMILES string of the molecule is C[C@H](N)[C@H](c1ccccc1)P(c1ccccc1)c1ccccc1.[Cl-].[Cl-].[Ru+2].c1ccc(P(c2ccccc2)c2ccc3ccccc3c2-c2c(P(c3ccccc3)c3ccccc3)ccc3ccccc23)cc1. The standard InChI is InChI=1S/C44H32P2.C21H22NP.2ClH.Ru/c1-5-19-35(20-6-1)45(36-21-7-2-8-22-36)41-31-29-33-17-13-15-27-39(33)43(41)44-40-28-16-14-18-34(40)30-32-42(44)46(37-23-9-3-10-24-37)38-25-11-4-12-26-38;1-17(22)21(18-11-5-2-6-12-18)23(19-13-7-3-8-14-19)20-15-9-4-10-16-20;;;/h1-32H;2-17,21H,22H2,1H3;2*1H;/q;;;;+2/p-2/t;17-,21+;;;/m.0.../s1. The van der Waals surface area contributed by atoms with Crippen molar-refractivity contribution in [2.75, 3.05) is 0 Å². The molecule has 2 atom stereocenters. The first-order valence-corrected chi connectivity index (χ1v) is 27.8. The van der Waals surface area contributed by atoms with Crippen LogP contribution in [0.25, 0.3) is 32.7 Å². The summed E-state index contributed by atoms with van der Waals surface area (Å²) in [6, 6.07) is 104. The fourth-order valence-electron chi connectivity index (χ4n) is 9.57. The Bertz CT molecular complexity index is 3090. The smallest absolute Gasteiger partial charge is 1.00 e. The van der Waals surface area contributed by atoms with Gasteiger partial charge in [0.1, 0.15) is 0 Å². The zero-order valence-corrected chi connectivity index (χ0v) is 45.8. The fourth-order valence-corrected chi connectivity index (χ4v) is 17.4. The largest absolute Gasteiger partial charge is 2.00 e. The molecule has 0 spiro atoms. The molecule has 7 heteroatoms. The van der Waals surface area contributed by atoms with Gasteiger partial charge in [-0.2, -0.15) is 0 Å². The van der Waals surface area contributed by atoms with Crippen LogP contribution >= 0.6 is 23.8 Å². The summed E-state index contributed by atoms with van der Waals surface area (Å²) in [5.41, 5.74) is 10.8. The van der Waals surface area contributed by atoms with E-state index in [1.54, 1.807) is 0 Å². The van der Waals surface area contributed by atoms with Crippen LogP contribution in [0.2, 0.25) is 0 Å². The Morgan fingerprint density at radius 2 is 0.569 bits per heavy atom. The average Bonchev–Trinajstić information content (AvgIpc) is 3.42. The summed E-state index contributed by atoms with van der Waals surface area (Å²) in [6.07, 6.45) is 0. The topological polar surface area (TPSA) is 26.0 Å². The normalized spacial score (nSPS) is 11.7. The van der Waals surface area contributed by atoms with E-state index in [0.717, 1.165) is 0 Å². The number of fused-ring (bicyclic) bond motifs is 2. The van der Waals surface area contributed by atoms with Crippen LogP contribution in [0.4, 0.5) is 0 Å². The molecule has 0 heterocycles. The van der Waals surface area contributed by atoms with E-state index in [1.165, 1.54) is 80.7 Å². The minimum absolute atomic E-state index is 0. The number of hydrogen-bond acceptors (Lipinski definition) is 1. The van der Waals surface area contributed by atoms with Crippen LogP contribution in [0.3, 0.4) is 0 Å². The summed E-state index contributed by atoms with van der Waals surface area (Å²) in [5, 5.41) is 16.1. The number of rotatable bonds is 12. The second-order valence-electron chi connectivity index (χ2n) is 17.1. The first-order chi connectivity index (χ1) is 34.1. The summed E-state index contributed by atoms with van der Waals surface area (Å²) in [5.74, 6) is 0. The van der Waals surface area contributed by atoms with E-state index in [0.29, 0.717) is 5.66 Å². The van der Waals surface area contributed by atoms with Crippen molar-refractivity contribution in [3.05, 3.63) is 291 Å². The van der Waals surface area contributed by atoms with Gasteiger partial charge in [-0.1, -0.05) is 285 Å². The molecule has 2 N–H and O–H groups in total. The maximum atomic E-state index is 6.46. The van der Waals surface area contributed by atoms with Crippen molar-refractivity contribution in [3.8, 4) is 11.1 Å². The van der Waals surface area contributed by atoms with Crippen LogP contribution < -0.4 is 73.0 Å². The van der Waals surface area contributed by atoms with Crippen LogP contribution in [-0.2, 0) is 19.5 Å². The Hall–Kier alpha value is -5.61. The third-order valence-corrected chi connectivity index (χ3v) is 20.6. The van der Waals surface area contributed by atoms with Gasteiger partial charge < -0.3 is 30.5 Å². The Balaban J connectivity index is 0.000000248. The zero-order chi connectivity index (χ0) is 46.8. The van der Waals surface area contributed by atoms with Crippen LogP contribution in [0, 0.1) is 0 Å². The minimum atomic E-state index is -0.852. The molecule has 0 fully saturated rings. The molecule has 0 aliphatic heterocycles. The zero-order valence-electron chi connectivity index (χ0n) is 39.8. The van der Waals surface area contributed by atoms with E-state index in [2.05, 4.69) is 292 Å². The summed E-state index contributed by atoms with van der Waals surface area (Å²) in [7, 11) is -2.26. The van der Waals surface area contributed by atoms with Gasteiger partial charge >= 0.3 is 19.5 Å². The van der Waals surface area contributed by atoms with Gasteiger partial charge in [0.05, 0.1) is 0 Å². The first-order valence-electron chi connectivity index (χ1n) is 23.7. The van der Waals surface area contributed by atoms with Crippen molar-refractivity contribution in [2.45, 2.75) is 18.6 Å². The van der Waals surface area contributed by atoms with E-state index in [1.807, 2.05) is 0 Å². The molecule has 0 saturated carbocycles. The van der Waals surface area contributed by atoms with Crippen LogP contribution in [0.5, 0.6) is 0 Å². The number of hydrogen-bond donors (Lipinski definition) is 1. The van der Waals surface area contributed by atoms with Gasteiger partial charge in [-0.3, -0.25) is 0 Å². The second kappa shape index (κ2) is 26.4. The molecule has 0 bridgehead atoms. The van der Waals surface area contributed by atoms with Crippen molar-refractivity contribution in [3.63, 3.8) is 0 Å². The molecular formula is C65H54Cl2NP3Ru. The van der Waals surface area contributed by atoms with Crippen molar-refractivity contribution in [2.24, 2.45) is 5.73 Å². The average molecular weight is 1110 g/mol. The van der Waals surface area contributed by atoms with E-state index >= 15 is 0 Å². The summed E-state index contributed by atoms with van der Waals surface area (Å²) in [4.78, 5) is 0. The molecule has 72 heavy (non-hydrogen) atoms. The van der Waals surface area contributed by atoms with Gasteiger partial charge in [0.15, 0.2) is 0 Å². The number of halogens is 2. The number of nitrogens with two attached hydrogens (primary N) is 1. The monoisotopic (exact) mass is 1110 g/mol. The van der Waals surface area contributed by atoms with E-state index < -0.39 is 23.8 Å². The second-order valence-corrected chi connectivity index (χ2v) is 23.8. The number of benzene rings is 11. The fraction of sp³-hybridized carbons (Fsp3) is 0.0462. The Labute approximate surface area is 454 Å². The summed E-state index contributed by atoms with van der Waals surface area (Å²) < 4.78 is 0. The minimum Gasteiger partial charge on any atom is -1.00 e. The predicted octanol–water partition coefficient (Wildman–Crippen LogP) is 7.39. The molecule has 0 amide bonds. The summed E-state index contributed by atoms with van der Waals surface area (Å²) in [6.45, 7) is 2.12. The predicted molar refractivity (Wildman–Crippen MR) is 306 cm³/mol. The Morgan fingerprint density at radius 1 is 0.306 bits per heavy atom. The molecular weight excluding hydrogens is 1060 g/mol. The van der Waals surface area contributed by atoms with Crippen LogP contribution in [0.15, 0.2) is 285 Å². The molecule has 11 rings (SSSR count). The molecule has 0 unspecified atom stereocenters. The van der Waals surface area contributed by atoms with Gasteiger partial charge in [0.2, 0.25) is 0 Å². The molecule has 11 aromatic rings. The molecule has 0 radical (unpaired) electrons. The third-order valence-electron chi connectivity index (χ3n) is 12.6. The van der Waals surface area contributed by atoms with Gasteiger partial charge in [-0.05, 0) is 111 Å². The van der Waals surface area contributed by atoms with Crippen molar-refractivity contribution in [1.29, 1.82) is 0 Å². The molecule has 1 nitrogen and oxygen atoms in total.